The van der Waals surface area contributed by atoms with Crippen LogP contribution in [0, 0.1) is 6.92 Å². The molecule has 32 heavy (non-hydrogen) atoms. The van der Waals surface area contributed by atoms with Gasteiger partial charge in [-0.2, -0.15) is 5.10 Å². The Morgan fingerprint density at radius 1 is 1.03 bits per heavy atom. The SMILES string of the molecule is COc1cc(/C=N/NC(=O)c2ccccc2N)ccc1OCC(=O)Nc1ccccc1C. The molecule has 0 bridgehead atoms. The van der Waals surface area contributed by atoms with E-state index in [1.165, 1.54) is 13.3 Å². The van der Waals surface area contributed by atoms with Crippen LogP contribution < -0.4 is 25.9 Å². The summed E-state index contributed by atoms with van der Waals surface area (Å²) in [5.41, 5.74) is 11.3. The van der Waals surface area contributed by atoms with Crippen molar-refractivity contribution in [2.24, 2.45) is 5.10 Å². The number of nitrogens with zero attached hydrogens (tertiary/aromatic N) is 1. The molecule has 8 heteroatoms. The first-order valence-corrected chi connectivity index (χ1v) is 9.82. The Bertz CT molecular complexity index is 1140. The number of nitrogens with two attached hydrogens (primary N) is 1. The van der Waals surface area contributed by atoms with Gasteiger partial charge in [-0.05, 0) is 54.4 Å². The van der Waals surface area contributed by atoms with E-state index in [1.54, 1.807) is 42.5 Å². The van der Waals surface area contributed by atoms with Crippen molar-refractivity contribution in [2.45, 2.75) is 6.92 Å². The second kappa shape index (κ2) is 10.6. The minimum Gasteiger partial charge on any atom is -0.493 e. The zero-order chi connectivity index (χ0) is 22.9. The quantitative estimate of drug-likeness (QED) is 0.287. The van der Waals surface area contributed by atoms with Crippen LogP contribution in [0.25, 0.3) is 0 Å². The van der Waals surface area contributed by atoms with Crippen LogP contribution in [-0.4, -0.2) is 31.7 Å². The molecule has 0 aromatic heterocycles. The van der Waals surface area contributed by atoms with Crippen LogP contribution in [0.2, 0.25) is 0 Å². The Morgan fingerprint density at radius 3 is 2.53 bits per heavy atom. The number of nitrogen functional groups attached to an aromatic ring is 1. The minimum atomic E-state index is -0.411. The lowest BCUT2D eigenvalue weighted by molar-refractivity contribution is -0.118. The molecule has 0 unspecified atom stereocenters. The Labute approximate surface area is 186 Å². The van der Waals surface area contributed by atoms with Gasteiger partial charge in [-0.15, -0.1) is 0 Å². The molecule has 3 aromatic carbocycles. The number of ether oxygens (including phenoxy) is 2. The van der Waals surface area contributed by atoms with Gasteiger partial charge in [0, 0.05) is 11.4 Å². The lowest BCUT2D eigenvalue weighted by Crippen LogP contribution is -2.20. The zero-order valence-electron chi connectivity index (χ0n) is 17.8. The van der Waals surface area contributed by atoms with Gasteiger partial charge in [0.05, 0.1) is 18.9 Å². The third kappa shape index (κ3) is 5.85. The van der Waals surface area contributed by atoms with Crippen molar-refractivity contribution in [3.05, 3.63) is 83.4 Å². The monoisotopic (exact) mass is 432 g/mol. The lowest BCUT2D eigenvalue weighted by atomic mass is 10.2. The van der Waals surface area contributed by atoms with E-state index in [9.17, 15) is 9.59 Å². The molecule has 8 nitrogen and oxygen atoms in total. The van der Waals surface area contributed by atoms with Gasteiger partial charge in [-0.25, -0.2) is 5.43 Å². The number of methoxy groups -OCH3 is 1. The van der Waals surface area contributed by atoms with Crippen LogP contribution in [-0.2, 0) is 4.79 Å². The highest BCUT2D eigenvalue weighted by Gasteiger charge is 2.10. The van der Waals surface area contributed by atoms with E-state index in [0.717, 1.165) is 11.3 Å². The molecule has 0 aliphatic carbocycles. The van der Waals surface area contributed by atoms with Crippen molar-refractivity contribution in [1.82, 2.24) is 5.43 Å². The van der Waals surface area contributed by atoms with Gasteiger partial charge < -0.3 is 20.5 Å². The molecule has 0 aliphatic rings. The molecule has 3 rings (SSSR count). The van der Waals surface area contributed by atoms with Crippen LogP contribution in [0.1, 0.15) is 21.5 Å². The fourth-order valence-electron chi connectivity index (χ4n) is 2.86. The molecule has 2 amide bonds. The van der Waals surface area contributed by atoms with Gasteiger partial charge in [-0.3, -0.25) is 9.59 Å². The third-order valence-corrected chi connectivity index (χ3v) is 4.55. The van der Waals surface area contributed by atoms with Gasteiger partial charge in [0.1, 0.15) is 0 Å². The largest absolute Gasteiger partial charge is 0.493 e. The van der Waals surface area contributed by atoms with E-state index in [2.05, 4.69) is 15.8 Å². The normalized spacial score (nSPS) is 10.6. The van der Waals surface area contributed by atoms with Crippen molar-refractivity contribution in [3.63, 3.8) is 0 Å². The predicted octanol–water partition coefficient (Wildman–Crippen LogP) is 3.37. The maximum absolute atomic E-state index is 12.2. The maximum atomic E-state index is 12.2. The molecular formula is C24H24N4O4. The Kier molecular flexibility index (Phi) is 7.42. The number of benzene rings is 3. The topological polar surface area (TPSA) is 115 Å². The summed E-state index contributed by atoms with van der Waals surface area (Å²) < 4.78 is 11.0. The van der Waals surface area contributed by atoms with E-state index in [-0.39, 0.29) is 12.5 Å². The first-order chi connectivity index (χ1) is 15.5. The van der Waals surface area contributed by atoms with E-state index < -0.39 is 5.91 Å². The van der Waals surface area contributed by atoms with Crippen LogP contribution in [0.5, 0.6) is 11.5 Å². The van der Waals surface area contributed by atoms with Gasteiger partial charge in [-0.1, -0.05) is 30.3 Å². The summed E-state index contributed by atoms with van der Waals surface area (Å²) in [6, 6.07) is 19.3. The van der Waals surface area contributed by atoms with E-state index in [0.29, 0.717) is 28.3 Å². The number of carbonyl (C=O) groups excluding carboxylic acids is 2. The molecule has 0 fully saturated rings. The molecule has 164 valence electrons. The molecule has 4 N–H and O–H groups in total. The number of hydrogen-bond acceptors (Lipinski definition) is 6. The average molecular weight is 432 g/mol. The van der Waals surface area contributed by atoms with E-state index in [4.69, 9.17) is 15.2 Å². The second-order valence-corrected chi connectivity index (χ2v) is 6.85. The van der Waals surface area contributed by atoms with E-state index >= 15 is 0 Å². The summed E-state index contributed by atoms with van der Waals surface area (Å²) >= 11 is 0. The molecule has 0 radical (unpaired) electrons. The molecule has 0 saturated carbocycles. The summed E-state index contributed by atoms with van der Waals surface area (Å²) in [6.07, 6.45) is 1.47. The molecule has 0 aliphatic heterocycles. The Morgan fingerprint density at radius 2 is 1.78 bits per heavy atom. The first kappa shape index (κ1) is 22.4. The number of amides is 2. The van der Waals surface area contributed by atoms with Crippen LogP contribution >= 0.6 is 0 Å². The number of hydrazone groups is 1. The number of para-hydroxylation sites is 2. The summed E-state index contributed by atoms with van der Waals surface area (Å²) in [7, 11) is 1.50. The summed E-state index contributed by atoms with van der Waals surface area (Å²) in [4.78, 5) is 24.3. The number of hydrogen-bond donors (Lipinski definition) is 3. The van der Waals surface area contributed by atoms with E-state index in [1.807, 2.05) is 31.2 Å². The van der Waals surface area contributed by atoms with Crippen LogP contribution in [0.3, 0.4) is 0 Å². The smallest absolute Gasteiger partial charge is 0.273 e. The summed E-state index contributed by atoms with van der Waals surface area (Å²) in [5.74, 6) is 0.141. The molecule has 0 spiro atoms. The van der Waals surface area contributed by atoms with Crippen molar-refractivity contribution in [3.8, 4) is 11.5 Å². The number of anilines is 2. The Hall–Kier alpha value is -4.33. The number of carbonyl (C=O) groups is 2. The minimum absolute atomic E-state index is 0.174. The standard InChI is InChI=1S/C24H24N4O4/c1-16-7-3-6-10-20(16)27-23(29)15-32-21-12-11-17(13-22(21)31-2)14-26-28-24(30)18-8-4-5-9-19(18)25/h3-14H,15,25H2,1-2H3,(H,27,29)(H,28,30)/b26-14+. The van der Waals surface area contributed by atoms with Crippen molar-refractivity contribution < 1.29 is 19.1 Å². The van der Waals surface area contributed by atoms with Crippen molar-refractivity contribution in [2.75, 3.05) is 24.8 Å². The Balaban J connectivity index is 1.58. The number of rotatable bonds is 8. The van der Waals surface area contributed by atoms with Crippen molar-refractivity contribution in [1.29, 1.82) is 0 Å². The second-order valence-electron chi connectivity index (χ2n) is 6.85. The molecule has 0 heterocycles. The summed E-state index contributed by atoms with van der Waals surface area (Å²) in [5, 5.41) is 6.76. The maximum Gasteiger partial charge on any atom is 0.273 e. The van der Waals surface area contributed by atoms with Gasteiger partial charge >= 0.3 is 0 Å². The highest BCUT2D eigenvalue weighted by Crippen LogP contribution is 2.27. The summed E-state index contributed by atoms with van der Waals surface area (Å²) in [6.45, 7) is 1.74. The zero-order valence-corrected chi connectivity index (χ0v) is 17.8. The predicted molar refractivity (Wildman–Crippen MR) is 124 cm³/mol. The molecule has 0 saturated heterocycles. The lowest BCUT2D eigenvalue weighted by Gasteiger charge is -2.12. The fourth-order valence-corrected chi connectivity index (χ4v) is 2.86. The number of nitrogens with one attached hydrogen (secondary N) is 2. The third-order valence-electron chi connectivity index (χ3n) is 4.55. The van der Waals surface area contributed by atoms with Crippen LogP contribution in [0.4, 0.5) is 11.4 Å². The highest BCUT2D eigenvalue weighted by atomic mass is 16.5. The van der Waals surface area contributed by atoms with Gasteiger partial charge in [0.15, 0.2) is 18.1 Å². The fraction of sp³-hybridized carbons (Fsp3) is 0.125. The van der Waals surface area contributed by atoms with Crippen LogP contribution in [0.15, 0.2) is 71.8 Å². The average Bonchev–Trinajstić information content (AvgIpc) is 2.79. The molecular weight excluding hydrogens is 408 g/mol. The highest BCUT2D eigenvalue weighted by molar-refractivity contribution is 5.99. The number of aryl methyl sites for hydroxylation is 1. The first-order valence-electron chi connectivity index (χ1n) is 9.82. The van der Waals surface area contributed by atoms with Crippen molar-refractivity contribution >= 4 is 29.4 Å². The van der Waals surface area contributed by atoms with Gasteiger partial charge in [0.2, 0.25) is 0 Å². The molecule has 3 aromatic rings. The molecule has 0 atom stereocenters. The van der Waals surface area contributed by atoms with Gasteiger partial charge in [0.25, 0.3) is 11.8 Å².